The van der Waals surface area contributed by atoms with E-state index in [1.54, 1.807) is 0 Å². The van der Waals surface area contributed by atoms with Crippen molar-refractivity contribution in [3.8, 4) is 0 Å². The standard InChI is InChI=1S/C8H13ClF3NO2S/c1-6(7-2-3-7)13(4-8(10,11)12)16(14,15)5-9/h6-7H,2-5H2,1H3. The average Bonchev–Trinajstić information content (AvgIpc) is 2.94. The minimum atomic E-state index is -4.54. The highest BCUT2D eigenvalue weighted by atomic mass is 35.5. The number of hydrogen-bond acceptors (Lipinski definition) is 2. The van der Waals surface area contributed by atoms with Crippen molar-refractivity contribution in [1.29, 1.82) is 0 Å². The highest BCUT2D eigenvalue weighted by Crippen LogP contribution is 2.37. The fourth-order valence-corrected chi connectivity index (χ4v) is 3.07. The number of hydrogen-bond donors (Lipinski definition) is 0. The second-order valence-corrected chi connectivity index (χ2v) is 6.47. The minimum absolute atomic E-state index is 0.0281. The Kier molecular flexibility index (Phi) is 4.13. The lowest BCUT2D eigenvalue weighted by atomic mass is 10.2. The molecule has 0 bridgehead atoms. The van der Waals surface area contributed by atoms with Gasteiger partial charge in [-0.25, -0.2) is 8.42 Å². The first-order valence-corrected chi connectivity index (χ1v) is 6.94. The molecule has 0 radical (unpaired) electrons. The van der Waals surface area contributed by atoms with E-state index in [0.29, 0.717) is 4.31 Å². The molecule has 1 aliphatic rings. The maximum atomic E-state index is 12.3. The van der Waals surface area contributed by atoms with Crippen LogP contribution in [0.2, 0.25) is 0 Å². The molecule has 0 spiro atoms. The summed E-state index contributed by atoms with van der Waals surface area (Å²) in [5, 5.41) is -0.819. The van der Waals surface area contributed by atoms with E-state index >= 15 is 0 Å². The summed E-state index contributed by atoms with van der Waals surface area (Å²) in [4.78, 5) is 0. The Bertz CT molecular complexity index is 340. The molecule has 0 saturated heterocycles. The van der Waals surface area contributed by atoms with Crippen LogP contribution in [0.4, 0.5) is 13.2 Å². The number of alkyl halides is 4. The van der Waals surface area contributed by atoms with E-state index in [9.17, 15) is 21.6 Å². The molecular weight excluding hydrogens is 267 g/mol. The van der Waals surface area contributed by atoms with Crippen molar-refractivity contribution in [1.82, 2.24) is 4.31 Å². The predicted molar refractivity (Wildman–Crippen MR) is 54.6 cm³/mol. The summed E-state index contributed by atoms with van der Waals surface area (Å²) in [6.07, 6.45) is -3.00. The fraction of sp³-hybridized carbons (Fsp3) is 1.00. The van der Waals surface area contributed by atoms with Crippen LogP contribution in [-0.4, -0.2) is 36.7 Å². The van der Waals surface area contributed by atoms with Gasteiger partial charge in [-0.2, -0.15) is 17.5 Å². The summed E-state index contributed by atoms with van der Waals surface area (Å²) in [7, 11) is -4.02. The first-order chi connectivity index (χ1) is 7.17. The van der Waals surface area contributed by atoms with Crippen LogP contribution in [-0.2, 0) is 10.0 Å². The van der Waals surface area contributed by atoms with E-state index in [1.165, 1.54) is 6.92 Å². The first-order valence-electron chi connectivity index (χ1n) is 4.79. The topological polar surface area (TPSA) is 37.4 Å². The maximum absolute atomic E-state index is 12.3. The molecule has 0 heterocycles. The summed E-state index contributed by atoms with van der Waals surface area (Å²) in [5.74, 6) is 0.0281. The van der Waals surface area contributed by atoms with E-state index in [2.05, 4.69) is 0 Å². The van der Waals surface area contributed by atoms with Crippen LogP contribution in [0.15, 0.2) is 0 Å². The van der Waals surface area contributed by atoms with Gasteiger partial charge in [-0.3, -0.25) is 0 Å². The molecule has 96 valence electrons. The number of sulfonamides is 1. The normalized spacial score (nSPS) is 20.1. The predicted octanol–water partition coefficient (Wildman–Crippen LogP) is 2.18. The van der Waals surface area contributed by atoms with Gasteiger partial charge in [0.15, 0.2) is 0 Å². The third-order valence-corrected chi connectivity index (χ3v) is 4.87. The molecule has 0 amide bonds. The van der Waals surface area contributed by atoms with Gasteiger partial charge in [-0.15, -0.1) is 11.6 Å². The molecule has 0 aliphatic heterocycles. The van der Waals surface area contributed by atoms with Gasteiger partial charge in [-0.05, 0) is 25.7 Å². The summed E-state index contributed by atoms with van der Waals surface area (Å²) in [6, 6.07) is -0.634. The van der Waals surface area contributed by atoms with Crippen molar-refractivity contribution < 1.29 is 21.6 Å². The molecule has 16 heavy (non-hydrogen) atoms. The third kappa shape index (κ3) is 3.78. The Morgan fingerprint density at radius 2 is 1.94 bits per heavy atom. The molecule has 1 rings (SSSR count). The van der Waals surface area contributed by atoms with Gasteiger partial charge in [0.25, 0.3) is 0 Å². The van der Waals surface area contributed by atoms with Crippen molar-refractivity contribution >= 4 is 21.6 Å². The molecule has 0 aromatic heterocycles. The van der Waals surface area contributed by atoms with Gasteiger partial charge in [0, 0.05) is 6.04 Å². The second kappa shape index (κ2) is 4.70. The molecule has 0 aromatic rings. The Labute approximate surface area is 97.6 Å². The Hall–Kier alpha value is -0.0100. The molecule has 0 N–H and O–H groups in total. The van der Waals surface area contributed by atoms with E-state index < -0.39 is 34.0 Å². The highest BCUT2D eigenvalue weighted by molar-refractivity contribution is 7.90. The highest BCUT2D eigenvalue weighted by Gasteiger charge is 2.43. The number of nitrogens with zero attached hydrogens (tertiary/aromatic N) is 1. The van der Waals surface area contributed by atoms with Crippen LogP contribution in [0.5, 0.6) is 0 Å². The maximum Gasteiger partial charge on any atom is 0.402 e. The van der Waals surface area contributed by atoms with E-state index in [4.69, 9.17) is 11.6 Å². The Morgan fingerprint density at radius 1 is 1.44 bits per heavy atom. The second-order valence-electron chi connectivity index (χ2n) is 3.96. The van der Waals surface area contributed by atoms with Gasteiger partial charge in [0.1, 0.15) is 11.8 Å². The van der Waals surface area contributed by atoms with Crippen LogP contribution < -0.4 is 0 Å². The minimum Gasteiger partial charge on any atom is -0.211 e. The van der Waals surface area contributed by atoms with Crippen molar-refractivity contribution in [3.05, 3.63) is 0 Å². The third-order valence-electron chi connectivity index (χ3n) is 2.59. The smallest absolute Gasteiger partial charge is 0.211 e. The molecule has 1 fully saturated rings. The van der Waals surface area contributed by atoms with Gasteiger partial charge >= 0.3 is 6.18 Å². The van der Waals surface area contributed by atoms with E-state index in [-0.39, 0.29) is 5.92 Å². The summed E-state index contributed by atoms with van der Waals surface area (Å²) in [5.41, 5.74) is 0. The lowest BCUT2D eigenvalue weighted by molar-refractivity contribution is -0.139. The quantitative estimate of drug-likeness (QED) is 0.724. The molecule has 1 unspecified atom stereocenters. The molecule has 1 aliphatic carbocycles. The monoisotopic (exact) mass is 279 g/mol. The zero-order chi connectivity index (χ0) is 12.6. The van der Waals surface area contributed by atoms with Crippen molar-refractivity contribution in [3.63, 3.8) is 0 Å². The molecular formula is C8H13ClF3NO2S. The molecule has 1 atom stereocenters. The van der Waals surface area contributed by atoms with Crippen molar-refractivity contribution in [2.24, 2.45) is 5.92 Å². The van der Waals surface area contributed by atoms with E-state index in [0.717, 1.165) is 12.8 Å². The number of rotatable bonds is 5. The molecule has 1 saturated carbocycles. The first kappa shape index (κ1) is 14.1. The van der Waals surface area contributed by atoms with Crippen LogP contribution in [0.3, 0.4) is 0 Å². The van der Waals surface area contributed by atoms with Crippen LogP contribution in [0.1, 0.15) is 19.8 Å². The zero-order valence-corrected chi connectivity index (χ0v) is 10.2. The lowest BCUT2D eigenvalue weighted by Crippen LogP contribution is -2.45. The molecule has 3 nitrogen and oxygen atoms in total. The average molecular weight is 280 g/mol. The Morgan fingerprint density at radius 3 is 2.25 bits per heavy atom. The van der Waals surface area contributed by atoms with Crippen molar-refractivity contribution in [2.45, 2.75) is 32.0 Å². The Balaban J connectivity index is 2.84. The molecule has 8 heteroatoms. The summed E-state index contributed by atoms with van der Waals surface area (Å²) in [6.45, 7) is 0.0349. The van der Waals surface area contributed by atoms with Gasteiger partial charge < -0.3 is 0 Å². The largest absolute Gasteiger partial charge is 0.402 e. The van der Waals surface area contributed by atoms with Crippen LogP contribution >= 0.6 is 11.6 Å². The lowest BCUT2D eigenvalue weighted by Gasteiger charge is -2.28. The van der Waals surface area contributed by atoms with Gasteiger partial charge in [-0.1, -0.05) is 0 Å². The molecule has 0 aromatic carbocycles. The van der Waals surface area contributed by atoms with Gasteiger partial charge in [0.05, 0.1) is 0 Å². The fourth-order valence-electron chi connectivity index (χ4n) is 1.55. The van der Waals surface area contributed by atoms with E-state index in [1.807, 2.05) is 0 Å². The van der Waals surface area contributed by atoms with Gasteiger partial charge in [0.2, 0.25) is 10.0 Å². The SMILES string of the molecule is CC(C1CC1)N(CC(F)(F)F)S(=O)(=O)CCl. The summed E-state index contributed by atoms with van der Waals surface area (Å²) >= 11 is 5.19. The van der Waals surface area contributed by atoms with Crippen LogP contribution in [0.25, 0.3) is 0 Å². The summed E-state index contributed by atoms with van der Waals surface area (Å²) < 4.78 is 60.2. The van der Waals surface area contributed by atoms with Crippen molar-refractivity contribution in [2.75, 3.05) is 11.8 Å². The zero-order valence-electron chi connectivity index (χ0n) is 8.67. The number of halogens is 4. The van der Waals surface area contributed by atoms with Crippen LogP contribution in [0, 0.1) is 5.92 Å².